The van der Waals surface area contributed by atoms with E-state index in [1.54, 1.807) is 0 Å². The lowest BCUT2D eigenvalue weighted by Gasteiger charge is -2.41. The van der Waals surface area contributed by atoms with Crippen molar-refractivity contribution in [3.63, 3.8) is 0 Å². The van der Waals surface area contributed by atoms with E-state index < -0.39 is 63.1 Å². The van der Waals surface area contributed by atoms with Crippen molar-refractivity contribution in [2.24, 2.45) is 0 Å². The molecule has 6 unspecified atom stereocenters. The van der Waals surface area contributed by atoms with E-state index >= 15 is 0 Å². The first-order valence-electron chi connectivity index (χ1n) is 27.4. The Balaban J connectivity index is 2.26. The van der Waals surface area contributed by atoms with Crippen LogP contribution >= 0.6 is 7.82 Å². The number of esters is 1. The van der Waals surface area contributed by atoms with Crippen LogP contribution in [-0.4, -0.2) is 98.9 Å². The number of carbonyl (C=O) groups excluding carboxylic acids is 1. The molecular formula is C52H103O12P. The summed E-state index contributed by atoms with van der Waals surface area (Å²) in [7, 11) is -5.01. The van der Waals surface area contributed by atoms with Crippen molar-refractivity contribution >= 4 is 13.8 Å². The fourth-order valence-corrected chi connectivity index (χ4v) is 9.86. The van der Waals surface area contributed by atoms with Crippen molar-refractivity contribution in [3.8, 4) is 0 Å². The van der Waals surface area contributed by atoms with E-state index in [2.05, 4.69) is 13.8 Å². The zero-order valence-corrected chi connectivity index (χ0v) is 42.7. The van der Waals surface area contributed by atoms with E-state index in [4.69, 9.17) is 18.5 Å². The van der Waals surface area contributed by atoms with E-state index in [0.29, 0.717) is 13.0 Å². The largest absolute Gasteiger partial charge is 0.472 e. The number of unbranched alkanes of at least 4 members (excludes halogenated alkanes) is 36. The summed E-state index contributed by atoms with van der Waals surface area (Å²) in [5.41, 5.74) is 0. The highest BCUT2D eigenvalue weighted by molar-refractivity contribution is 7.47. The lowest BCUT2D eigenvalue weighted by molar-refractivity contribution is -0.220. The highest BCUT2D eigenvalue weighted by Gasteiger charge is 2.51. The molecule has 0 aliphatic heterocycles. The number of rotatable bonds is 48. The van der Waals surface area contributed by atoms with Crippen molar-refractivity contribution in [1.82, 2.24) is 0 Å². The number of carbonyl (C=O) groups is 1. The van der Waals surface area contributed by atoms with Gasteiger partial charge < -0.3 is 39.9 Å². The number of hydrogen-bond donors (Lipinski definition) is 6. The third kappa shape index (κ3) is 35.2. The Morgan fingerprint density at radius 1 is 0.431 bits per heavy atom. The number of phosphoric acid groups is 1. The first-order chi connectivity index (χ1) is 31.5. The second-order valence-corrected chi connectivity index (χ2v) is 20.9. The molecule has 0 heterocycles. The summed E-state index contributed by atoms with van der Waals surface area (Å²) < 4.78 is 34.3. The van der Waals surface area contributed by atoms with Gasteiger partial charge in [0.25, 0.3) is 0 Å². The van der Waals surface area contributed by atoms with Crippen LogP contribution in [0.2, 0.25) is 0 Å². The van der Waals surface area contributed by atoms with Crippen LogP contribution in [0.25, 0.3) is 0 Å². The van der Waals surface area contributed by atoms with Crippen LogP contribution in [0.4, 0.5) is 0 Å². The SMILES string of the molecule is CCCCCCCCCCCCCCCCCCCCCCCCCOCC(COP(=O)(O)OC1C(O)C(O)C(O)C(O)C1O)OC(=O)CCCCCCCCCCCCCCCCC. The van der Waals surface area contributed by atoms with Crippen molar-refractivity contribution < 1.29 is 58.3 Å². The summed E-state index contributed by atoms with van der Waals surface area (Å²) in [6, 6.07) is 0. The molecule has 1 rings (SSSR count). The summed E-state index contributed by atoms with van der Waals surface area (Å²) in [4.78, 5) is 23.2. The highest BCUT2D eigenvalue weighted by Crippen LogP contribution is 2.47. The summed E-state index contributed by atoms with van der Waals surface area (Å²) in [6.07, 6.45) is 36.1. The van der Waals surface area contributed by atoms with E-state index in [9.17, 15) is 39.8 Å². The Hall–Kier alpha value is -0.660. The van der Waals surface area contributed by atoms with Gasteiger partial charge >= 0.3 is 13.8 Å². The van der Waals surface area contributed by atoms with Crippen molar-refractivity contribution in [2.45, 2.75) is 307 Å². The van der Waals surface area contributed by atoms with Crippen LogP contribution in [0.15, 0.2) is 0 Å². The Labute approximate surface area is 397 Å². The lowest BCUT2D eigenvalue weighted by Crippen LogP contribution is -2.64. The molecule has 6 N–H and O–H groups in total. The zero-order valence-electron chi connectivity index (χ0n) is 41.8. The van der Waals surface area contributed by atoms with Gasteiger partial charge in [-0.25, -0.2) is 4.57 Å². The molecule has 0 bridgehead atoms. The fraction of sp³-hybridized carbons (Fsp3) is 0.981. The van der Waals surface area contributed by atoms with Gasteiger partial charge in [-0.1, -0.05) is 245 Å². The van der Waals surface area contributed by atoms with Crippen LogP contribution in [0, 0.1) is 0 Å². The molecule has 1 aliphatic carbocycles. The third-order valence-corrected chi connectivity index (χ3v) is 14.2. The normalized spacial score (nSPS) is 21.4. The predicted molar refractivity (Wildman–Crippen MR) is 263 cm³/mol. The van der Waals surface area contributed by atoms with Crippen LogP contribution < -0.4 is 0 Å². The molecule has 1 aliphatic rings. The molecule has 0 aromatic carbocycles. The second kappa shape index (κ2) is 43.4. The van der Waals surface area contributed by atoms with Gasteiger partial charge in [-0.2, -0.15) is 0 Å². The maximum atomic E-state index is 12.9. The zero-order chi connectivity index (χ0) is 47.6. The molecule has 1 fully saturated rings. The Morgan fingerprint density at radius 3 is 1.06 bits per heavy atom. The summed E-state index contributed by atoms with van der Waals surface area (Å²) in [5.74, 6) is -0.469. The molecule has 0 aromatic heterocycles. The van der Waals surface area contributed by atoms with Crippen molar-refractivity contribution in [2.75, 3.05) is 19.8 Å². The Kier molecular flexibility index (Phi) is 41.6. The molecule has 0 aromatic rings. The van der Waals surface area contributed by atoms with Crippen molar-refractivity contribution in [1.29, 1.82) is 0 Å². The van der Waals surface area contributed by atoms with Gasteiger partial charge in [0.2, 0.25) is 0 Å². The standard InChI is InChI=1S/C52H103O12P/c1-3-5-7-9-11-13-15-17-19-20-21-22-23-24-25-26-28-30-32-34-36-38-40-42-61-43-45(44-62-65(59,60)64-52-50(57)48(55)47(54)49(56)51(52)58)63-46(53)41-39-37-35-33-31-29-27-18-16-14-12-10-8-6-4-2/h45,47-52,54-58H,3-44H2,1-2H3,(H,59,60). The van der Waals surface area contributed by atoms with E-state index in [0.717, 1.165) is 38.5 Å². The van der Waals surface area contributed by atoms with Gasteiger partial charge in [0, 0.05) is 13.0 Å². The molecule has 65 heavy (non-hydrogen) atoms. The molecule has 0 amide bonds. The maximum Gasteiger partial charge on any atom is 0.472 e. The number of hydrogen-bond acceptors (Lipinski definition) is 11. The van der Waals surface area contributed by atoms with Gasteiger partial charge in [-0.3, -0.25) is 13.8 Å². The van der Waals surface area contributed by atoms with Crippen molar-refractivity contribution in [3.05, 3.63) is 0 Å². The van der Waals surface area contributed by atoms with Gasteiger partial charge in [0.1, 0.15) is 42.7 Å². The van der Waals surface area contributed by atoms with Gasteiger partial charge in [-0.05, 0) is 12.8 Å². The van der Waals surface area contributed by atoms with Gasteiger partial charge in [0.15, 0.2) is 0 Å². The predicted octanol–water partition coefficient (Wildman–Crippen LogP) is 12.5. The van der Waals surface area contributed by atoms with Gasteiger partial charge in [-0.15, -0.1) is 0 Å². The highest BCUT2D eigenvalue weighted by atomic mass is 31.2. The first-order valence-corrected chi connectivity index (χ1v) is 28.9. The molecular weight excluding hydrogens is 848 g/mol. The van der Waals surface area contributed by atoms with Gasteiger partial charge in [0.05, 0.1) is 13.2 Å². The topological polar surface area (TPSA) is 192 Å². The molecule has 1 saturated carbocycles. The number of aliphatic hydroxyl groups excluding tert-OH is 5. The Morgan fingerprint density at radius 2 is 0.723 bits per heavy atom. The minimum atomic E-state index is -5.01. The summed E-state index contributed by atoms with van der Waals surface area (Å²) in [5, 5.41) is 50.3. The minimum absolute atomic E-state index is 0.0673. The third-order valence-electron chi connectivity index (χ3n) is 13.2. The quantitative estimate of drug-likeness (QED) is 0.0192. The molecule has 388 valence electrons. The maximum absolute atomic E-state index is 12.9. The molecule has 13 heteroatoms. The first kappa shape index (κ1) is 62.4. The average Bonchev–Trinajstić information content (AvgIpc) is 3.29. The molecule has 12 nitrogen and oxygen atoms in total. The smallest absolute Gasteiger partial charge is 0.457 e. The monoisotopic (exact) mass is 951 g/mol. The van der Waals surface area contributed by atoms with Crippen LogP contribution in [0.3, 0.4) is 0 Å². The molecule has 0 radical (unpaired) electrons. The fourth-order valence-electron chi connectivity index (χ4n) is 8.89. The molecule has 0 spiro atoms. The molecule has 0 saturated heterocycles. The second-order valence-electron chi connectivity index (χ2n) is 19.5. The van der Waals surface area contributed by atoms with Crippen LogP contribution in [-0.2, 0) is 27.9 Å². The van der Waals surface area contributed by atoms with E-state index in [1.807, 2.05) is 0 Å². The average molecular weight is 951 g/mol. The number of aliphatic hydroxyl groups is 5. The molecule has 6 atom stereocenters. The Bertz CT molecular complexity index is 1080. The lowest BCUT2D eigenvalue weighted by atomic mass is 9.85. The number of phosphoric ester groups is 1. The van der Waals surface area contributed by atoms with E-state index in [-0.39, 0.29) is 13.0 Å². The van der Waals surface area contributed by atoms with Crippen LogP contribution in [0.5, 0.6) is 0 Å². The number of ether oxygens (including phenoxy) is 2. The minimum Gasteiger partial charge on any atom is -0.457 e. The summed E-state index contributed by atoms with van der Waals surface area (Å²) in [6.45, 7) is 4.33. The van der Waals surface area contributed by atoms with Crippen LogP contribution in [0.1, 0.15) is 264 Å². The van der Waals surface area contributed by atoms with E-state index in [1.165, 1.54) is 199 Å². The summed E-state index contributed by atoms with van der Waals surface area (Å²) >= 11 is 0.